The third kappa shape index (κ3) is 7.54. The van der Waals surface area contributed by atoms with E-state index in [4.69, 9.17) is 5.11 Å². The lowest BCUT2D eigenvalue weighted by molar-refractivity contribution is -0.136. The molecule has 0 saturated heterocycles. The number of benzene rings is 2. The monoisotopic (exact) mass is 478 g/mol. The fourth-order valence-corrected chi connectivity index (χ4v) is 4.74. The summed E-state index contributed by atoms with van der Waals surface area (Å²) in [7, 11) is 0. The van der Waals surface area contributed by atoms with Crippen molar-refractivity contribution in [3.05, 3.63) is 92.2 Å². The van der Waals surface area contributed by atoms with Gasteiger partial charge in [0.1, 0.15) is 0 Å². The number of carbonyl (C=O) groups is 2. The molecular formula is C28H34N2O3S. The Labute approximate surface area is 206 Å². The van der Waals surface area contributed by atoms with Crippen LogP contribution in [0.3, 0.4) is 0 Å². The molecule has 0 aliphatic carbocycles. The molecule has 34 heavy (non-hydrogen) atoms. The highest BCUT2D eigenvalue weighted by Gasteiger charge is 2.14. The van der Waals surface area contributed by atoms with Crippen LogP contribution in [0, 0.1) is 13.8 Å². The summed E-state index contributed by atoms with van der Waals surface area (Å²) in [6.45, 7) is 11.2. The van der Waals surface area contributed by atoms with Crippen LogP contribution in [0.2, 0.25) is 0 Å². The van der Waals surface area contributed by atoms with E-state index in [2.05, 4.69) is 80.4 Å². The first-order chi connectivity index (χ1) is 16.2. The molecule has 0 radical (unpaired) electrons. The predicted molar refractivity (Wildman–Crippen MR) is 138 cm³/mol. The molecule has 0 aliphatic rings. The molecule has 0 bridgehead atoms. The Hall–Kier alpha value is -2.96. The molecule has 2 N–H and O–H groups in total. The van der Waals surface area contributed by atoms with Crippen molar-refractivity contribution in [2.24, 2.45) is 0 Å². The van der Waals surface area contributed by atoms with Crippen LogP contribution in [0.25, 0.3) is 0 Å². The third-order valence-electron chi connectivity index (χ3n) is 5.92. The summed E-state index contributed by atoms with van der Waals surface area (Å²) in [5.41, 5.74) is 6.44. The molecule has 5 nitrogen and oxygen atoms in total. The molecule has 0 fully saturated rings. The fraction of sp³-hybridized carbons (Fsp3) is 0.357. The lowest BCUT2D eigenvalue weighted by Gasteiger charge is -2.23. The van der Waals surface area contributed by atoms with Gasteiger partial charge in [-0.2, -0.15) is 0 Å². The highest BCUT2D eigenvalue weighted by molar-refractivity contribution is 7.14. The van der Waals surface area contributed by atoms with Gasteiger partial charge in [-0.05, 0) is 59.7 Å². The smallest absolute Gasteiger partial charge is 0.305 e. The number of aliphatic carboxylic acids is 1. The summed E-state index contributed by atoms with van der Waals surface area (Å²) in [6.07, 6.45) is -0.0800. The highest BCUT2D eigenvalue weighted by atomic mass is 32.1. The maximum Gasteiger partial charge on any atom is 0.305 e. The lowest BCUT2D eigenvalue weighted by atomic mass is 10.0. The van der Waals surface area contributed by atoms with Crippen LogP contribution in [0.5, 0.6) is 0 Å². The van der Waals surface area contributed by atoms with Crippen molar-refractivity contribution in [2.45, 2.75) is 59.7 Å². The number of aryl methyl sites for hydroxylation is 2. The van der Waals surface area contributed by atoms with Crippen molar-refractivity contribution in [3.8, 4) is 0 Å². The minimum atomic E-state index is -0.921. The second-order valence-electron chi connectivity index (χ2n) is 9.13. The molecule has 1 heterocycles. The summed E-state index contributed by atoms with van der Waals surface area (Å²) in [6, 6.07) is 19.3. The van der Waals surface area contributed by atoms with Crippen LogP contribution in [0.4, 0.5) is 0 Å². The molecule has 0 aliphatic heterocycles. The minimum absolute atomic E-state index is 0.0800. The van der Waals surface area contributed by atoms with Crippen molar-refractivity contribution in [1.82, 2.24) is 10.2 Å². The molecule has 0 saturated carbocycles. The third-order valence-corrected chi connectivity index (χ3v) is 6.99. The zero-order valence-electron chi connectivity index (χ0n) is 20.4. The molecule has 1 amide bonds. The molecule has 6 heteroatoms. The van der Waals surface area contributed by atoms with Crippen molar-refractivity contribution in [2.75, 3.05) is 6.54 Å². The quantitative estimate of drug-likeness (QED) is 0.360. The Balaban J connectivity index is 1.74. The Morgan fingerprint density at radius 3 is 2.24 bits per heavy atom. The van der Waals surface area contributed by atoms with Crippen LogP contribution in [-0.2, 0) is 24.4 Å². The number of nitrogens with zero attached hydrogens (tertiary/aromatic N) is 1. The van der Waals surface area contributed by atoms with E-state index in [1.54, 1.807) is 0 Å². The molecular weight excluding hydrogens is 444 g/mol. The number of carboxylic acid groups (broad SMARTS) is 1. The summed E-state index contributed by atoms with van der Waals surface area (Å²) < 4.78 is 0. The van der Waals surface area contributed by atoms with Crippen LogP contribution >= 0.6 is 11.3 Å². The molecule has 2 aromatic carbocycles. The van der Waals surface area contributed by atoms with E-state index in [9.17, 15) is 9.59 Å². The van der Waals surface area contributed by atoms with Gasteiger partial charge in [0.05, 0.1) is 11.3 Å². The van der Waals surface area contributed by atoms with Gasteiger partial charge in [-0.1, -0.05) is 56.3 Å². The zero-order valence-corrected chi connectivity index (χ0v) is 21.2. The Morgan fingerprint density at radius 2 is 1.59 bits per heavy atom. The zero-order chi connectivity index (χ0) is 24.7. The van der Waals surface area contributed by atoms with Gasteiger partial charge in [0.15, 0.2) is 0 Å². The summed E-state index contributed by atoms with van der Waals surface area (Å²) in [4.78, 5) is 27.1. The van der Waals surface area contributed by atoms with Gasteiger partial charge in [-0.3, -0.25) is 14.5 Å². The highest BCUT2D eigenvalue weighted by Crippen LogP contribution is 2.23. The van der Waals surface area contributed by atoms with Crippen molar-refractivity contribution in [3.63, 3.8) is 0 Å². The van der Waals surface area contributed by atoms with Gasteiger partial charge >= 0.3 is 5.97 Å². The first kappa shape index (κ1) is 25.7. The molecule has 180 valence electrons. The van der Waals surface area contributed by atoms with Crippen LogP contribution in [0.1, 0.15) is 68.6 Å². The number of hydrogen-bond donors (Lipinski definition) is 2. The van der Waals surface area contributed by atoms with E-state index in [1.165, 1.54) is 39.2 Å². The van der Waals surface area contributed by atoms with E-state index in [1.807, 2.05) is 12.1 Å². The Bertz CT molecular complexity index is 1120. The van der Waals surface area contributed by atoms with Crippen molar-refractivity contribution >= 4 is 23.2 Å². The SMILES string of the molecule is Cc1ccc(CN(Cc2ccc(C(C)C)cc2)Cc2ccc(C(=O)NCCC(=O)O)s2)cc1C. The standard InChI is InChI=1S/C28H34N2O3S/c1-19(2)24-9-7-22(8-10-24)16-30(17-23-6-5-20(3)21(4)15-23)18-25-11-12-26(34-25)28(33)29-14-13-27(31)32/h5-12,15,19H,13-14,16-18H2,1-4H3,(H,29,33)(H,31,32). The van der Waals surface area contributed by atoms with Gasteiger partial charge in [0.25, 0.3) is 5.91 Å². The number of carboxylic acids is 1. The lowest BCUT2D eigenvalue weighted by Crippen LogP contribution is -2.25. The molecule has 3 rings (SSSR count). The van der Waals surface area contributed by atoms with Gasteiger partial charge in [0, 0.05) is 31.1 Å². The van der Waals surface area contributed by atoms with E-state index < -0.39 is 5.97 Å². The fourth-order valence-electron chi connectivity index (χ4n) is 3.77. The number of hydrogen-bond acceptors (Lipinski definition) is 4. The predicted octanol–water partition coefficient (Wildman–Crippen LogP) is 5.90. The normalized spacial score (nSPS) is 11.2. The minimum Gasteiger partial charge on any atom is -0.481 e. The number of amides is 1. The number of nitrogens with one attached hydrogen (secondary N) is 1. The van der Waals surface area contributed by atoms with Gasteiger partial charge in [-0.15, -0.1) is 11.3 Å². The van der Waals surface area contributed by atoms with Crippen LogP contribution in [-0.4, -0.2) is 28.4 Å². The summed E-state index contributed by atoms with van der Waals surface area (Å²) >= 11 is 1.46. The summed E-state index contributed by atoms with van der Waals surface area (Å²) in [5, 5.41) is 11.4. The summed E-state index contributed by atoms with van der Waals surface area (Å²) in [5.74, 6) is -0.634. The van der Waals surface area contributed by atoms with E-state index >= 15 is 0 Å². The van der Waals surface area contributed by atoms with Crippen LogP contribution in [0.15, 0.2) is 54.6 Å². The maximum atomic E-state index is 12.4. The second-order valence-corrected chi connectivity index (χ2v) is 10.3. The average molecular weight is 479 g/mol. The molecule has 0 unspecified atom stereocenters. The molecule has 1 aromatic heterocycles. The molecule has 0 spiro atoms. The first-order valence-corrected chi connectivity index (χ1v) is 12.5. The number of carbonyl (C=O) groups excluding carboxylic acids is 1. The molecule has 0 atom stereocenters. The Morgan fingerprint density at radius 1 is 0.912 bits per heavy atom. The van der Waals surface area contributed by atoms with Crippen molar-refractivity contribution in [1.29, 1.82) is 0 Å². The topological polar surface area (TPSA) is 69.6 Å². The van der Waals surface area contributed by atoms with Crippen LogP contribution < -0.4 is 5.32 Å². The van der Waals surface area contributed by atoms with Crippen molar-refractivity contribution < 1.29 is 14.7 Å². The average Bonchev–Trinajstić information content (AvgIpc) is 3.25. The second kappa shape index (κ2) is 12.0. The van der Waals surface area contributed by atoms with E-state index in [-0.39, 0.29) is 18.9 Å². The number of thiophene rings is 1. The van der Waals surface area contributed by atoms with E-state index in [0.29, 0.717) is 10.8 Å². The number of rotatable bonds is 11. The van der Waals surface area contributed by atoms with Gasteiger partial charge < -0.3 is 10.4 Å². The van der Waals surface area contributed by atoms with Gasteiger partial charge in [-0.25, -0.2) is 0 Å². The van der Waals surface area contributed by atoms with Gasteiger partial charge in [0.2, 0.25) is 0 Å². The maximum absolute atomic E-state index is 12.4. The largest absolute Gasteiger partial charge is 0.481 e. The first-order valence-electron chi connectivity index (χ1n) is 11.7. The van der Waals surface area contributed by atoms with E-state index in [0.717, 1.165) is 24.5 Å². The molecule has 3 aromatic rings. The Kier molecular flexibility index (Phi) is 9.02.